The van der Waals surface area contributed by atoms with E-state index in [2.05, 4.69) is 93.5 Å². The van der Waals surface area contributed by atoms with Crippen molar-refractivity contribution in [3.8, 4) is 11.3 Å². The van der Waals surface area contributed by atoms with Crippen molar-refractivity contribution >= 4 is 22.9 Å². The number of rotatable bonds is 11. The molecule has 0 radical (unpaired) electrons. The van der Waals surface area contributed by atoms with Gasteiger partial charge in [-0.15, -0.1) is 0 Å². The van der Waals surface area contributed by atoms with E-state index in [0.717, 1.165) is 65.4 Å². The smallest absolute Gasteiger partial charge is 0.293 e. The van der Waals surface area contributed by atoms with E-state index in [4.69, 9.17) is 4.98 Å². The third kappa shape index (κ3) is 7.53. The minimum Gasteiger partial charge on any atom is -0.355 e. The summed E-state index contributed by atoms with van der Waals surface area (Å²) >= 11 is 0. The summed E-state index contributed by atoms with van der Waals surface area (Å²) in [6.45, 7) is 17.1. The maximum atomic E-state index is 13.0. The molecule has 6 nitrogen and oxygen atoms in total. The number of hydrogen-bond acceptors (Lipinski definition) is 5. The molecule has 0 aliphatic carbocycles. The van der Waals surface area contributed by atoms with Gasteiger partial charge in [0.15, 0.2) is 5.82 Å². The predicted molar refractivity (Wildman–Crippen MR) is 174 cm³/mol. The molecular formula is C35H43N5O. The van der Waals surface area contributed by atoms with Crippen LogP contribution in [0.1, 0.15) is 56.4 Å². The quantitative estimate of drug-likeness (QED) is 0.170. The molecule has 0 fully saturated rings. The first-order valence-electron chi connectivity index (χ1n) is 14.4. The second kappa shape index (κ2) is 13.0. The Morgan fingerprint density at radius 2 is 1.68 bits per heavy atom. The fourth-order valence-electron chi connectivity index (χ4n) is 4.70. The van der Waals surface area contributed by atoms with E-state index >= 15 is 0 Å². The van der Waals surface area contributed by atoms with Crippen molar-refractivity contribution in [2.75, 3.05) is 23.7 Å². The third-order valence-corrected chi connectivity index (χ3v) is 7.30. The van der Waals surface area contributed by atoms with Crippen LogP contribution in [0.5, 0.6) is 0 Å². The average Bonchev–Trinajstić information content (AvgIpc) is 2.95. The van der Waals surface area contributed by atoms with Crippen LogP contribution < -0.4 is 21.5 Å². The first-order valence-corrected chi connectivity index (χ1v) is 14.4. The second-order valence-corrected chi connectivity index (χ2v) is 11.6. The minimum absolute atomic E-state index is 0.101. The van der Waals surface area contributed by atoms with Gasteiger partial charge in [-0.3, -0.25) is 4.79 Å². The van der Waals surface area contributed by atoms with Crippen molar-refractivity contribution in [1.82, 2.24) is 14.9 Å². The summed E-state index contributed by atoms with van der Waals surface area (Å²) in [7, 11) is 1.76. The SMILES string of the molecule is C=C(Nc1cccc(-c2cn(C)c(=O)c(Nc3ccc(CCNCCC)cc3)n2)c1C)c1ccc(C(C)(C)C)cc1. The molecular weight excluding hydrogens is 506 g/mol. The van der Waals surface area contributed by atoms with Crippen LogP contribution in [0.3, 0.4) is 0 Å². The Morgan fingerprint density at radius 1 is 0.976 bits per heavy atom. The Kier molecular flexibility index (Phi) is 9.46. The van der Waals surface area contributed by atoms with Gasteiger partial charge in [0.25, 0.3) is 5.56 Å². The first kappa shape index (κ1) is 29.8. The van der Waals surface area contributed by atoms with Crippen LogP contribution in [0.15, 0.2) is 84.3 Å². The van der Waals surface area contributed by atoms with E-state index in [0.29, 0.717) is 5.82 Å². The lowest BCUT2D eigenvalue weighted by molar-refractivity contribution is 0.590. The number of anilines is 3. The van der Waals surface area contributed by atoms with E-state index in [1.807, 2.05) is 30.3 Å². The molecule has 4 aromatic rings. The summed E-state index contributed by atoms with van der Waals surface area (Å²) in [4.78, 5) is 17.7. The fraction of sp³-hybridized carbons (Fsp3) is 0.314. The number of nitrogens with one attached hydrogen (secondary N) is 3. The van der Waals surface area contributed by atoms with Crippen molar-refractivity contribution in [1.29, 1.82) is 0 Å². The van der Waals surface area contributed by atoms with E-state index in [-0.39, 0.29) is 11.0 Å². The Balaban J connectivity index is 1.53. The lowest BCUT2D eigenvalue weighted by atomic mass is 9.86. The molecule has 0 aliphatic rings. The summed E-state index contributed by atoms with van der Waals surface area (Å²) in [5.74, 6) is 0.295. The van der Waals surface area contributed by atoms with Crippen LogP contribution in [-0.2, 0) is 18.9 Å². The summed E-state index contributed by atoms with van der Waals surface area (Å²) in [6, 6.07) is 22.8. The van der Waals surface area contributed by atoms with Gasteiger partial charge >= 0.3 is 0 Å². The number of nitrogens with zero attached hydrogens (tertiary/aromatic N) is 2. The molecule has 41 heavy (non-hydrogen) atoms. The minimum atomic E-state index is -0.180. The van der Waals surface area contributed by atoms with Crippen molar-refractivity contribution in [2.45, 2.75) is 52.9 Å². The zero-order chi connectivity index (χ0) is 29.6. The molecule has 214 valence electrons. The molecule has 0 aliphatic heterocycles. The van der Waals surface area contributed by atoms with Gasteiger partial charge in [-0.25, -0.2) is 4.98 Å². The molecule has 0 saturated heterocycles. The maximum absolute atomic E-state index is 13.0. The molecule has 3 aromatic carbocycles. The van der Waals surface area contributed by atoms with Crippen LogP contribution in [0.4, 0.5) is 17.2 Å². The second-order valence-electron chi connectivity index (χ2n) is 11.6. The van der Waals surface area contributed by atoms with Gasteiger partial charge in [0, 0.05) is 35.9 Å². The Bertz CT molecular complexity index is 1540. The fourth-order valence-corrected chi connectivity index (χ4v) is 4.70. The van der Waals surface area contributed by atoms with Crippen LogP contribution in [0, 0.1) is 6.92 Å². The predicted octanol–water partition coefficient (Wildman–Crippen LogP) is 7.42. The molecule has 0 bridgehead atoms. The highest BCUT2D eigenvalue weighted by atomic mass is 16.1. The van der Waals surface area contributed by atoms with Gasteiger partial charge in [0.2, 0.25) is 0 Å². The molecule has 3 N–H and O–H groups in total. The molecule has 0 amide bonds. The van der Waals surface area contributed by atoms with Crippen molar-refractivity contribution in [2.24, 2.45) is 7.05 Å². The summed E-state index contributed by atoms with van der Waals surface area (Å²) in [5, 5.41) is 10.2. The van der Waals surface area contributed by atoms with Crippen LogP contribution in [0.2, 0.25) is 0 Å². The monoisotopic (exact) mass is 549 g/mol. The zero-order valence-electron chi connectivity index (χ0n) is 25.3. The number of aryl methyl sites for hydroxylation is 1. The Morgan fingerprint density at radius 3 is 2.34 bits per heavy atom. The third-order valence-electron chi connectivity index (χ3n) is 7.30. The molecule has 0 spiro atoms. The van der Waals surface area contributed by atoms with Crippen LogP contribution in [-0.4, -0.2) is 22.6 Å². The first-order chi connectivity index (χ1) is 19.6. The van der Waals surface area contributed by atoms with Gasteiger partial charge in [-0.2, -0.15) is 0 Å². The highest BCUT2D eigenvalue weighted by Gasteiger charge is 2.15. The highest BCUT2D eigenvalue weighted by Crippen LogP contribution is 2.30. The van der Waals surface area contributed by atoms with E-state index < -0.39 is 0 Å². The van der Waals surface area contributed by atoms with Gasteiger partial charge in [-0.1, -0.05) is 82.8 Å². The number of hydrogen-bond donors (Lipinski definition) is 3. The van der Waals surface area contributed by atoms with Gasteiger partial charge < -0.3 is 20.5 Å². The van der Waals surface area contributed by atoms with Crippen molar-refractivity contribution in [3.05, 3.63) is 112 Å². The standard InChI is InChI=1S/C35H43N5O/c1-8-21-36-22-20-26-12-18-29(19-13-26)38-33-34(41)40(7)23-32(39-33)30-10-9-11-31(24(30)2)37-25(3)27-14-16-28(17-15-27)35(4,5)6/h9-19,23,36-37H,3,8,20-22H2,1-2,4-7H3,(H,38,39). The van der Waals surface area contributed by atoms with Gasteiger partial charge in [0.05, 0.1) is 5.69 Å². The lowest BCUT2D eigenvalue weighted by Gasteiger charge is -2.20. The van der Waals surface area contributed by atoms with E-state index in [1.54, 1.807) is 17.8 Å². The van der Waals surface area contributed by atoms with Crippen LogP contribution >= 0.6 is 0 Å². The van der Waals surface area contributed by atoms with Gasteiger partial charge in [-0.05, 0) is 78.7 Å². The van der Waals surface area contributed by atoms with Crippen molar-refractivity contribution < 1.29 is 0 Å². The topological polar surface area (TPSA) is 71.0 Å². The summed E-state index contributed by atoms with van der Waals surface area (Å²) in [5.41, 5.74) is 8.79. The largest absolute Gasteiger partial charge is 0.355 e. The van der Waals surface area contributed by atoms with Crippen LogP contribution in [0.25, 0.3) is 17.0 Å². The Labute approximate surface area is 244 Å². The van der Waals surface area contributed by atoms with Crippen molar-refractivity contribution in [3.63, 3.8) is 0 Å². The normalized spacial score (nSPS) is 11.4. The maximum Gasteiger partial charge on any atom is 0.293 e. The molecule has 1 heterocycles. The zero-order valence-corrected chi connectivity index (χ0v) is 25.3. The van der Waals surface area contributed by atoms with E-state index in [1.165, 1.54) is 11.1 Å². The summed E-state index contributed by atoms with van der Waals surface area (Å²) < 4.78 is 1.58. The molecule has 0 unspecified atom stereocenters. The highest BCUT2D eigenvalue weighted by molar-refractivity contribution is 5.80. The molecule has 0 atom stereocenters. The number of aromatic nitrogens is 2. The average molecular weight is 550 g/mol. The molecule has 4 rings (SSSR count). The van der Waals surface area contributed by atoms with E-state index in [9.17, 15) is 4.79 Å². The lowest BCUT2D eigenvalue weighted by Crippen LogP contribution is -2.21. The molecule has 0 saturated carbocycles. The summed E-state index contributed by atoms with van der Waals surface area (Å²) in [6.07, 6.45) is 3.88. The molecule has 1 aromatic heterocycles. The van der Waals surface area contributed by atoms with Gasteiger partial charge in [0.1, 0.15) is 0 Å². The molecule has 6 heteroatoms. The Hall–Kier alpha value is -4.16. The number of benzene rings is 3.